The number of benzene rings is 1. The normalized spacial score (nSPS) is 16.3. The number of nitrogens with one attached hydrogen (secondary N) is 1. The van der Waals surface area contributed by atoms with Crippen LogP contribution in [0.4, 0.5) is 15.5 Å². The molecule has 2 heterocycles. The van der Waals surface area contributed by atoms with Gasteiger partial charge in [0.2, 0.25) is 0 Å². The van der Waals surface area contributed by atoms with E-state index in [-0.39, 0.29) is 16.3 Å². The fraction of sp³-hybridized carbons (Fsp3) is 0. The first-order valence-corrected chi connectivity index (χ1v) is 7.97. The lowest BCUT2D eigenvalue weighted by Crippen LogP contribution is -2.54. The number of anilines is 1. The molecule has 0 aliphatic carbocycles. The van der Waals surface area contributed by atoms with E-state index >= 15 is 0 Å². The van der Waals surface area contributed by atoms with E-state index in [2.05, 4.69) is 5.32 Å². The highest BCUT2D eigenvalue weighted by molar-refractivity contribution is 7.16. The molecule has 10 heteroatoms. The number of thiophene rings is 1. The highest BCUT2D eigenvalue weighted by Gasteiger charge is 2.36. The number of carbonyl (C=O) groups excluding carboxylic acids is 3. The molecule has 0 saturated carbocycles. The number of nitrogens with zero attached hydrogens (tertiary/aromatic N) is 2. The summed E-state index contributed by atoms with van der Waals surface area (Å²) < 4.78 is 0. The molecule has 1 fully saturated rings. The van der Waals surface area contributed by atoms with Gasteiger partial charge in [-0.05, 0) is 36.4 Å². The fourth-order valence-electron chi connectivity index (χ4n) is 2.14. The largest absolute Gasteiger partial charge is 0.335 e. The van der Waals surface area contributed by atoms with Crippen LogP contribution in [-0.4, -0.2) is 22.8 Å². The van der Waals surface area contributed by atoms with Crippen molar-refractivity contribution >= 4 is 57.5 Å². The van der Waals surface area contributed by atoms with Gasteiger partial charge in [0.05, 0.1) is 10.6 Å². The molecule has 8 nitrogen and oxygen atoms in total. The average molecular weight is 378 g/mol. The van der Waals surface area contributed by atoms with Gasteiger partial charge in [-0.1, -0.05) is 22.9 Å². The molecule has 25 heavy (non-hydrogen) atoms. The zero-order valence-corrected chi connectivity index (χ0v) is 13.8. The smallest absolute Gasteiger partial charge is 0.273 e. The molecule has 1 aromatic heterocycles. The Morgan fingerprint density at radius 2 is 1.80 bits per heavy atom. The minimum absolute atomic E-state index is 0.124. The third kappa shape index (κ3) is 3.28. The Morgan fingerprint density at radius 3 is 2.40 bits per heavy atom. The number of nitro groups is 1. The number of urea groups is 1. The van der Waals surface area contributed by atoms with E-state index < -0.39 is 22.8 Å². The number of halogens is 1. The van der Waals surface area contributed by atoms with Crippen LogP contribution in [0.25, 0.3) is 6.08 Å². The van der Waals surface area contributed by atoms with Gasteiger partial charge in [0.1, 0.15) is 5.57 Å². The van der Waals surface area contributed by atoms with Gasteiger partial charge in [0.25, 0.3) is 11.8 Å². The number of barbiturate groups is 1. The molecule has 1 N–H and O–H groups in total. The molecule has 0 spiro atoms. The van der Waals surface area contributed by atoms with Crippen LogP contribution in [0.5, 0.6) is 0 Å². The van der Waals surface area contributed by atoms with Gasteiger partial charge >= 0.3 is 11.0 Å². The molecule has 1 aliphatic heterocycles. The molecule has 0 atom stereocenters. The summed E-state index contributed by atoms with van der Waals surface area (Å²) in [5.74, 6) is -1.69. The molecule has 1 aliphatic rings. The number of hydrogen-bond acceptors (Lipinski definition) is 6. The molecule has 1 aromatic carbocycles. The van der Waals surface area contributed by atoms with E-state index in [9.17, 15) is 24.5 Å². The molecule has 1 saturated heterocycles. The van der Waals surface area contributed by atoms with Crippen molar-refractivity contribution in [1.82, 2.24) is 5.32 Å². The first-order valence-electron chi connectivity index (χ1n) is 6.78. The van der Waals surface area contributed by atoms with Crippen molar-refractivity contribution in [3.8, 4) is 0 Å². The molecule has 126 valence electrons. The lowest BCUT2D eigenvalue weighted by atomic mass is 10.1. The third-order valence-corrected chi connectivity index (χ3v) is 4.50. The average Bonchev–Trinajstić information content (AvgIpc) is 3.02. The van der Waals surface area contributed by atoms with Crippen LogP contribution in [-0.2, 0) is 9.59 Å². The maximum Gasteiger partial charge on any atom is 0.335 e. The van der Waals surface area contributed by atoms with Crippen molar-refractivity contribution in [3.05, 3.63) is 62.0 Å². The van der Waals surface area contributed by atoms with E-state index in [4.69, 9.17) is 11.6 Å². The Labute approximate surface area is 149 Å². The van der Waals surface area contributed by atoms with Gasteiger partial charge in [-0.15, -0.1) is 0 Å². The summed E-state index contributed by atoms with van der Waals surface area (Å²) in [6.07, 6.45) is 1.21. The van der Waals surface area contributed by atoms with Crippen LogP contribution >= 0.6 is 22.9 Å². The first-order chi connectivity index (χ1) is 11.9. The number of rotatable bonds is 3. The fourth-order valence-corrected chi connectivity index (χ4v) is 3.03. The monoisotopic (exact) mass is 377 g/mol. The van der Waals surface area contributed by atoms with Crippen molar-refractivity contribution < 1.29 is 19.3 Å². The van der Waals surface area contributed by atoms with Crippen LogP contribution < -0.4 is 10.2 Å². The van der Waals surface area contributed by atoms with Gasteiger partial charge in [0.15, 0.2) is 0 Å². The van der Waals surface area contributed by atoms with Crippen LogP contribution in [0.2, 0.25) is 5.02 Å². The Balaban J connectivity index is 1.98. The van der Waals surface area contributed by atoms with Crippen LogP contribution in [0.3, 0.4) is 0 Å². The van der Waals surface area contributed by atoms with E-state index in [0.717, 1.165) is 16.2 Å². The molecular weight excluding hydrogens is 370 g/mol. The summed E-state index contributed by atoms with van der Waals surface area (Å²) in [6, 6.07) is 7.72. The molecular formula is C15H8ClN3O5S. The zero-order chi connectivity index (χ0) is 18.1. The second-order valence-corrected chi connectivity index (χ2v) is 6.40. The Bertz CT molecular complexity index is 935. The highest BCUT2D eigenvalue weighted by atomic mass is 35.5. The molecule has 4 amide bonds. The van der Waals surface area contributed by atoms with E-state index in [1.54, 1.807) is 0 Å². The van der Waals surface area contributed by atoms with Crippen molar-refractivity contribution in [2.24, 2.45) is 0 Å². The number of hydrogen-bond donors (Lipinski definition) is 1. The van der Waals surface area contributed by atoms with E-state index in [0.29, 0.717) is 9.90 Å². The number of carbonyl (C=O) groups is 3. The van der Waals surface area contributed by atoms with Crippen molar-refractivity contribution in [3.63, 3.8) is 0 Å². The second-order valence-electron chi connectivity index (χ2n) is 4.87. The number of amides is 4. The number of imide groups is 2. The van der Waals surface area contributed by atoms with Crippen LogP contribution in [0.1, 0.15) is 4.88 Å². The van der Waals surface area contributed by atoms with Gasteiger partial charge < -0.3 is 0 Å². The van der Waals surface area contributed by atoms with Gasteiger partial charge in [-0.3, -0.25) is 25.0 Å². The second kappa shape index (κ2) is 6.46. The first kappa shape index (κ1) is 16.8. The summed E-state index contributed by atoms with van der Waals surface area (Å²) in [5, 5.41) is 13.1. The lowest BCUT2D eigenvalue weighted by Gasteiger charge is -2.26. The van der Waals surface area contributed by atoms with Crippen LogP contribution in [0.15, 0.2) is 42.0 Å². The maximum atomic E-state index is 12.6. The molecule has 0 unspecified atom stereocenters. The summed E-state index contributed by atoms with van der Waals surface area (Å²) >= 11 is 6.60. The van der Waals surface area contributed by atoms with E-state index in [1.807, 2.05) is 0 Å². The van der Waals surface area contributed by atoms with Gasteiger partial charge in [0, 0.05) is 16.0 Å². The maximum absolute atomic E-state index is 12.6. The summed E-state index contributed by atoms with van der Waals surface area (Å²) in [4.78, 5) is 47.9. The quantitative estimate of drug-likeness (QED) is 0.382. The molecule has 0 radical (unpaired) electrons. The van der Waals surface area contributed by atoms with E-state index in [1.165, 1.54) is 42.5 Å². The van der Waals surface area contributed by atoms with Gasteiger partial charge in [-0.2, -0.15) is 0 Å². The predicted octanol–water partition coefficient (Wildman–Crippen LogP) is 2.98. The summed E-state index contributed by atoms with van der Waals surface area (Å²) in [6.45, 7) is 0. The lowest BCUT2D eigenvalue weighted by molar-refractivity contribution is -0.380. The minimum atomic E-state index is -0.883. The Morgan fingerprint density at radius 1 is 1.12 bits per heavy atom. The highest BCUT2D eigenvalue weighted by Crippen LogP contribution is 2.28. The molecule has 3 rings (SSSR count). The van der Waals surface area contributed by atoms with Crippen molar-refractivity contribution in [2.75, 3.05) is 4.90 Å². The summed E-state index contributed by atoms with van der Waals surface area (Å²) in [7, 11) is 0. The minimum Gasteiger partial charge on any atom is -0.273 e. The Hall–Kier alpha value is -3.04. The topological polar surface area (TPSA) is 110 Å². The SMILES string of the molecule is O=C1NC(=O)N(c2ccc(Cl)cc2)C(=O)/C1=C\c1ccc([N+](=O)[O-])s1. The predicted molar refractivity (Wildman–Crippen MR) is 91.4 cm³/mol. The third-order valence-electron chi connectivity index (χ3n) is 3.27. The standard InChI is InChI=1S/C15H8ClN3O5S/c16-8-1-3-9(4-2-8)18-14(21)11(13(20)17-15(18)22)7-10-5-6-12(25-10)19(23)24/h1-7H,(H,17,20,22)/b11-7-. The van der Waals surface area contributed by atoms with Crippen molar-refractivity contribution in [2.45, 2.75) is 0 Å². The molecule has 2 aromatic rings. The summed E-state index contributed by atoms with van der Waals surface area (Å²) in [5.41, 5.74) is -0.0613. The zero-order valence-electron chi connectivity index (χ0n) is 12.3. The van der Waals surface area contributed by atoms with Crippen LogP contribution in [0, 0.1) is 10.1 Å². The van der Waals surface area contributed by atoms with Gasteiger partial charge in [-0.25, -0.2) is 9.69 Å². The molecule has 0 bridgehead atoms. The Kier molecular flexibility index (Phi) is 4.34. The van der Waals surface area contributed by atoms with Crippen molar-refractivity contribution in [1.29, 1.82) is 0 Å².